The zero-order valence-electron chi connectivity index (χ0n) is 15.0. The maximum absolute atomic E-state index is 12.8. The highest BCUT2D eigenvalue weighted by Gasteiger charge is 2.32. The monoisotopic (exact) mass is 327 g/mol. The molecule has 0 saturated heterocycles. The first-order valence-electron chi connectivity index (χ1n) is 7.47. The van der Waals surface area contributed by atoms with Crippen molar-refractivity contribution in [3.05, 3.63) is 23.3 Å². The van der Waals surface area contributed by atoms with Crippen molar-refractivity contribution in [3.63, 3.8) is 0 Å². The molecule has 0 fully saturated rings. The fourth-order valence-corrected chi connectivity index (χ4v) is 4.56. The molecule has 5 heteroatoms. The SMILES string of the molecule is COc1cc(C)c(C)cc1S(=O)(=O)NC(C)(C)CC(C)(C)C. The zero-order valence-corrected chi connectivity index (χ0v) is 15.8. The number of aryl methyl sites for hydroxylation is 2. The minimum Gasteiger partial charge on any atom is -0.495 e. The second-order valence-corrected chi connectivity index (χ2v) is 9.46. The van der Waals surface area contributed by atoms with E-state index in [1.54, 1.807) is 12.1 Å². The zero-order chi connectivity index (χ0) is 17.3. The van der Waals surface area contributed by atoms with Crippen LogP contribution < -0.4 is 9.46 Å². The predicted molar refractivity (Wildman–Crippen MR) is 90.9 cm³/mol. The van der Waals surface area contributed by atoms with Crippen LogP contribution in [0.1, 0.15) is 52.2 Å². The third kappa shape index (κ3) is 4.99. The molecule has 0 heterocycles. The number of methoxy groups -OCH3 is 1. The molecule has 1 rings (SSSR count). The molecule has 0 spiro atoms. The molecule has 0 amide bonds. The Hall–Kier alpha value is -1.07. The van der Waals surface area contributed by atoms with E-state index in [9.17, 15) is 8.42 Å². The van der Waals surface area contributed by atoms with Gasteiger partial charge in [0, 0.05) is 5.54 Å². The summed E-state index contributed by atoms with van der Waals surface area (Å²) in [4.78, 5) is 0.195. The molecule has 1 aromatic carbocycles. The van der Waals surface area contributed by atoms with Crippen molar-refractivity contribution < 1.29 is 13.2 Å². The van der Waals surface area contributed by atoms with Crippen LogP contribution in [0.15, 0.2) is 17.0 Å². The average molecular weight is 327 g/mol. The van der Waals surface area contributed by atoms with Gasteiger partial charge in [-0.25, -0.2) is 13.1 Å². The van der Waals surface area contributed by atoms with Crippen LogP contribution in [0.5, 0.6) is 5.75 Å². The predicted octanol–water partition coefficient (Wildman–Crippen LogP) is 3.81. The highest BCUT2D eigenvalue weighted by molar-refractivity contribution is 7.89. The van der Waals surface area contributed by atoms with Gasteiger partial charge in [-0.05, 0) is 62.8 Å². The normalized spacial score (nSPS) is 13.3. The first kappa shape index (κ1) is 19.0. The Kier molecular flexibility index (Phi) is 5.35. The molecule has 4 nitrogen and oxygen atoms in total. The lowest BCUT2D eigenvalue weighted by molar-refractivity contribution is 0.269. The minimum atomic E-state index is -3.65. The van der Waals surface area contributed by atoms with Crippen LogP contribution in [-0.2, 0) is 10.0 Å². The van der Waals surface area contributed by atoms with E-state index in [0.717, 1.165) is 17.5 Å². The van der Waals surface area contributed by atoms with E-state index in [2.05, 4.69) is 25.5 Å². The van der Waals surface area contributed by atoms with Gasteiger partial charge >= 0.3 is 0 Å². The Morgan fingerprint density at radius 3 is 2.00 bits per heavy atom. The summed E-state index contributed by atoms with van der Waals surface area (Å²) < 4.78 is 33.7. The lowest BCUT2D eigenvalue weighted by atomic mass is 9.82. The molecule has 126 valence electrons. The largest absolute Gasteiger partial charge is 0.495 e. The fraction of sp³-hybridized carbons (Fsp3) is 0.647. The quantitative estimate of drug-likeness (QED) is 0.895. The first-order valence-corrected chi connectivity index (χ1v) is 8.95. The van der Waals surface area contributed by atoms with Gasteiger partial charge in [0.25, 0.3) is 0 Å². The maximum atomic E-state index is 12.8. The summed E-state index contributed by atoms with van der Waals surface area (Å²) in [5, 5.41) is 0. The Bertz CT molecular complexity index is 641. The summed E-state index contributed by atoms with van der Waals surface area (Å²) in [6.45, 7) is 13.9. The van der Waals surface area contributed by atoms with Crippen LogP contribution in [0.25, 0.3) is 0 Å². The second-order valence-electron chi connectivity index (χ2n) is 7.81. The van der Waals surface area contributed by atoms with Crippen LogP contribution in [0.3, 0.4) is 0 Å². The molecule has 0 aliphatic carbocycles. The van der Waals surface area contributed by atoms with Crippen molar-refractivity contribution in [2.45, 2.75) is 65.3 Å². The van der Waals surface area contributed by atoms with Gasteiger partial charge in [-0.1, -0.05) is 20.8 Å². The summed E-state index contributed by atoms with van der Waals surface area (Å²) in [6, 6.07) is 3.43. The third-order valence-corrected chi connectivity index (χ3v) is 5.17. The molecule has 1 N–H and O–H groups in total. The van der Waals surface area contributed by atoms with Crippen LogP contribution in [0, 0.1) is 19.3 Å². The van der Waals surface area contributed by atoms with Crippen molar-refractivity contribution in [1.82, 2.24) is 4.72 Å². The fourth-order valence-electron chi connectivity index (χ4n) is 2.91. The summed E-state index contributed by atoms with van der Waals surface area (Å²) in [7, 11) is -2.16. The molecular weight excluding hydrogens is 298 g/mol. The number of hydrogen-bond acceptors (Lipinski definition) is 3. The van der Waals surface area contributed by atoms with Gasteiger partial charge in [0.2, 0.25) is 10.0 Å². The first-order chi connectivity index (χ1) is 9.77. The van der Waals surface area contributed by atoms with E-state index in [1.807, 2.05) is 27.7 Å². The van der Waals surface area contributed by atoms with E-state index in [1.165, 1.54) is 7.11 Å². The standard InChI is InChI=1S/C17H29NO3S/c1-12-9-14(21-8)15(10-13(12)2)22(19,20)18-17(6,7)11-16(3,4)5/h9-10,18H,11H2,1-8H3. The molecule has 0 radical (unpaired) electrons. The van der Waals surface area contributed by atoms with Crippen LogP contribution in [-0.4, -0.2) is 21.1 Å². The number of sulfonamides is 1. The van der Waals surface area contributed by atoms with Crippen LogP contribution in [0.2, 0.25) is 0 Å². The second kappa shape index (κ2) is 6.20. The van der Waals surface area contributed by atoms with E-state index in [-0.39, 0.29) is 10.3 Å². The summed E-state index contributed by atoms with van der Waals surface area (Å²) in [5.74, 6) is 0.377. The Labute approximate surface area is 135 Å². The summed E-state index contributed by atoms with van der Waals surface area (Å²) in [5.41, 5.74) is 1.42. The Morgan fingerprint density at radius 1 is 1.05 bits per heavy atom. The van der Waals surface area contributed by atoms with E-state index < -0.39 is 15.6 Å². The lowest BCUT2D eigenvalue weighted by Crippen LogP contribution is -2.45. The molecule has 0 saturated carbocycles. The van der Waals surface area contributed by atoms with Gasteiger partial charge in [-0.3, -0.25) is 0 Å². The van der Waals surface area contributed by atoms with E-state index >= 15 is 0 Å². The highest BCUT2D eigenvalue weighted by atomic mass is 32.2. The summed E-state index contributed by atoms with van der Waals surface area (Å²) >= 11 is 0. The van der Waals surface area contributed by atoms with E-state index in [4.69, 9.17) is 4.74 Å². The van der Waals surface area contributed by atoms with Crippen LogP contribution in [0.4, 0.5) is 0 Å². The van der Waals surface area contributed by atoms with Crippen molar-refractivity contribution >= 4 is 10.0 Å². The lowest BCUT2D eigenvalue weighted by Gasteiger charge is -2.33. The van der Waals surface area contributed by atoms with Gasteiger partial charge in [0.1, 0.15) is 10.6 Å². The average Bonchev–Trinajstić information content (AvgIpc) is 2.27. The van der Waals surface area contributed by atoms with Gasteiger partial charge in [-0.15, -0.1) is 0 Å². The number of nitrogens with one attached hydrogen (secondary N) is 1. The van der Waals surface area contributed by atoms with Gasteiger partial charge in [-0.2, -0.15) is 0 Å². The molecule has 0 aromatic heterocycles. The van der Waals surface area contributed by atoms with Gasteiger partial charge < -0.3 is 4.74 Å². The molecule has 1 aromatic rings. The number of ether oxygens (including phenoxy) is 1. The number of benzene rings is 1. The Morgan fingerprint density at radius 2 is 1.55 bits per heavy atom. The smallest absolute Gasteiger partial charge is 0.244 e. The van der Waals surface area contributed by atoms with Crippen LogP contribution >= 0.6 is 0 Å². The minimum absolute atomic E-state index is 0.0271. The molecule has 0 bridgehead atoms. The highest BCUT2D eigenvalue weighted by Crippen LogP contribution is 2.31. The molecule has 0 aliphatic rings. The Balaban J connectivity index is 3.23. The van der Waals surface area contributed by atoms with Crippen molar-refractivity contribution in [2.75, 3.05) is 7.11 Å². The topological polar surface area (TPSA) is 55.4 Å². The third-order valence-electron chi connectivity index (χ3n) is 3.45. The molecule has 0 unspecified atom stereocenters. The van der Waals surface area contributed by atoms with Gasteiger partial charge in [0.15, 0.2) is 0 Å². The maximum Gasteiger partial charge on any atom is 0.244 e. The molecular formula is C17H29NO3S. The molecule has 0 aliphatic heterocycles. The molecule has 0 atom stereocenters. The number of hydrogen-bond donors (Lipinski definition) is 1. The van der Waals surface area contributed by atoms with Crippen molar-refractivity contribution in [1.29, 1.82) is 0 Å². The number of rotatable bonds is 5. The summed E-state index contributed by atoms with van der Waals surface area (Å²) in [6.07, 6.45) is 0.729. The van der Waals surface area contributed by atoms with Crippen molar-refractivity contribution in [2.24, 2.45) is 5.41 Å². The van der Waals surface area contributed by atoms with Crippen molar-refractivity contribution in [3.8, 4) is 5.75 Å². The van der Waals surface area contributed by atoms with E-state index in [0.29, 0.717) is 5.75 Å². The molecule has 22 heavy (non-hydrogen) atoms. The van der Waals surface area contributed by atoms with Gasteiger partial charge in [0.05, 0.1) is 7.11 Å².